The Balaban J connectivity index is 1.30. The molecule has 1 aromatic carbocycles. The Morgan fingerprint density at radius 2 is 1.90 bits per heavy atom. The van der Waals surface area contributed by atoms with Gasteiger partial charge >= 0.3 is 0 Å². The maximum Gasteiger partial charge on any atom is 0.251 e. The predicted octanol–water partition coefficient (Wildman–Crippen LogP) is 3.91. The van der Waals surface area contributed by atoms with Crippen LogP contribution in [0.4, 0.5) is 0 Å². The van der Waals surface area contributed by atoms with E-state index in [0.717, 1.165) is 17.6 Å². The molecule has 0 radical (unpaired) electrons. The normalized spacial score (nSPS) is 39.4. The van der Waals surface area contributed by atoms with Gasteiger partial charge in [-0.3, -0.25) is 9.59 Å². The van der Waals surface area contributed by atoms with Crippen LogP contribution < -0.4 is 5.56 Å². The van der Waals surface area contributed by atoms with Crippen LogP contribution in [0.25, 0.3) is 10.9 Å². The van der Waals surface area contributed by atoms with Crippen molar-refractivity contribution in [1.82, 2.24) is 15.0 Å². The molecule has 9 nitrogen and oxygen atoms in total. The van der Waals surface area contributed by atoms with Gasteiger partial charge in [0.15, 0.2) is 17.7 Å². The zero-order valence-corrected chi connectivity index (χ0v) is 24.7. The third kappa shape index (κ3) is 3.05. The number of carbonyl (C=O) groups is 1. The zero-order chi connectivity index (χ0) is 29.4. The van der Waals surface area contributed by atoms with Crippen LogP contribution in [0.15, 0.2) is 46.8 Å². The molecular formula is C33H37N3O6. The molecule has 1 spiro atoms. The largest absolute Gasteiger partial charge is 0.382 e. The van der Waals surface area contributed by atoms with Gasteiger partial charge in [0.05, 0.1) is 18.4 Å². The molecule has 7 atom stereocenters. The number of aromatic nitrogens is 3. The maximum absolute atomic E-state index is 13.5. The Bertz CT molecular complexity index is 1770. The van der Waals surface area contributed by atoms with Crippen LogP contribution in [0, 0.1) is 18.3 Å². The van der Waals surface area contributed by atoms with Gasteiger partial charge in [-0.05, 0) is 63.7 Å². The average molecular weight is 572 g/mol. The molecule has 5 aliphatic rings. The molecule has 3 aliphatic carbocycles. The van der Waals surface area contributed by atoms with E-state index >= 15 is 0 Å². The Kier molecular flexibility index (Phi) is 5.10. The van der Waals surface area contributed by atoms with E-state index in [9.17, 15) is 14.7 Å². The summed E-state index contributed by atoms with van der Waals surface area (Å²) in [5, 5.41) is 14.6. The number of hydrogen-bond donors (Lipinski definition) is 3. The molecule has 2 aromatic heterocycles. The van der Waals surface area contributed by atoms with Crippen LogP contribution >= 0.6 is 0 Å². The lowest BCUT2D eigenvalue weighted by Crippen LogP contribution is -2.74. The molecule has 42 heavy (non-hydrogen) atoms. The number of nitrogens with zero attached hydrogens (tertiary/aromatic N) is 1. The van der Waals surface area contributed by atoms with E-state index in [0.29, 0.717) is 36.4 Å². The average Bonchev–Trinajstić information content (AvgIpc) is 3.51. The van der Waals surface area contributed by atoms with Crippen molar-refractivity contribution in [3.05, 3.63) is 75.1 Å². The third-order valence-electron chi connectivity index (χ3n) is 11.6. The second-order valence-corrected chi connectivity index (χ2v) is 14.0. The number of benzene rings is 1. The first-order chi connectivity index (χ1) is 19.8. The topological polar surface area (TPSA) is 127 Å². The molecular weight excluding hydrogens is 534 g/mol. The molecule has 1 unspecified atom stereocenters. The maximum atomic E-state index is 13.5. The number of ketones is 1. The zero-order valence-electron chi connectivity index (χ0n) is 24.7. The number of rotatable bonds is 3. The fourth-order valence-corrected chi connectivity index (χ4v) is 9.49. The Morgan fingerprint density at radius 1 is 1.12 bits per heavy atom. The van der Waals surface area contributed by atoms with Crippen molar-refractivity contribution in [2.75, 3.05) is 0 Å². The van der Waals surface area contributed by atoms with Gasteiger partial charge in [-0.1, -0.05) is 32.0 Å². The minimum absolute atomic E-state index is 0.0511. The minimum atomic E-state index is -1.60. The van der Waals surface area contributed by atoms with Crippen LogP contribution in [-0.2, 0) is 37.4 Å². The lowest BCUT2D eigenvalue weighted by molar-refractivity contribution is -0.282. The van der Waals surface area contributed by atoms with E-state index < -0.39 is 40.0 Å². The minimum Gasteiger partial charge on any atom is -0.382 e. The molecule has 4 heterocycles. The van der Waals surface area contributed by atoms with Crippen molar-refractivity contribution in [3.63, 3.8) is 0 Å². The van der Waals surface area contributed by atoms with E-state index in [-0.39, 0.29) is 23.9 Å². The molecule has 0 amide bonds. The van der Waals surface area contributed by atoms with E-state index in [4.69, 9.17) is 14.2 Å². The van der Waals surface area contributed by atoms with Crippen LogP contribution in [0.3, 0.4) is 0 Å². The van der Waals surface area contributed by atoms with Gasteiger partial charge < -0.3 is 29.3 Å². The first kappa shape index (κ1) is 26.5. The van der Waals surface area contributed by atoms with Crippen molar-refractivity contribution in [3.8, 4) is 0 Å². The molecule has 8 rings (SSSR count). The summed E-state index contributed by atoms with van der Waals surface area (Å²) in [5.74, 6) is -0.727. The van der Waals surface area contributed by atoms with Crippen molar-refractivity contribution in [1.29, 1.82) is 0 Å². The predicted molar refractivity (Wildman–Crippen MR) is 154 cm³/mol. The molecule has 1 saturated heterocycles. The molecule has 9 heteroatoms. The molecule has 2 bridgehead atoms. The molecule has 2 aliphatic heterocycles. The van der Waals surface area contributed by atoms with Gasteiger partial charge in [0.1, 0.15) is 17.0 Å². The van der Waals surface area contributed by atoms with Gasteiger partial charge in [0.25, 0.3) is 5.56 Å². The van der Waals surface area contributed by atoms with Gasteiger partial charge in [-0.25, -0.2) is 4.98 Å². The lowest BCUT2D eigenvalue weighted by Gasteiger charge is -2.67. The van der Waals surface area contributed by atoms with E-state index in [1.165, 1.54) is 17.0 Å². The van der Waals surface area contributed by atoms with Crippen LogP contribution in [0.2, 0.25) is 0 Å². The number of para-hydroxylation sites is 1. The number of nitrogens with one attached hydrogen (secondary N) is 2. The number of H-pyrrole nitrogens is 2. The number of ether oxygens (including phenoxy) is 3. The molecule has 2 saturated carbocycles. The number of aliphatic hydroxyl groups is 1. The fourth-order valence-electron chi connectivity index (χ4n) is 9.49. The summed E-state index contributed by atoms with van der Waals surface area (Å²) in [7, 11) is 0. The van der Waals surface area contributed by atoms with Crippen molar-refractivity contribution >= 4 is 16.7 Å². The Labute approximate surface area is 243 Å². The van der Waals surface area contributed by atoms with Gasteiger partial charge in [-0.15, -0.1) is 0 Å². The first-order valence-corrected chi connectivity index (χ1v) is 15.0. The summed E-state index contributed by atoms with van der Waals surface area (Å²) in [6.45, 7) is 9.95. The SMILES string of the molecule is Cc1nc(CO[C@H]2C[C@H]3Cc4c([nH]c5ccccc45)[C@]3(C)[C@@]3(C)CCC45O[C@@H](C(=O)C=C4[C@]23O)C(C)(C)O5)cc(=O)[nH]1. The van der Waals surface area contributed by atoms with Crippen molar-refractivity contribution in [2.45, 2.75) is 102 Å². The quantitative estimate of drug-likeness (QED) is 0.435. The highest BCUT2D eigenvalue weighted by molar-refractivity contribution is 5.97. The number of aromatic amines is 2. The summed E-state index contributed by atoms with van der Waals surface area (Å²) in [4.78, 5) is 36.6. The standard InChI is InChI=1S/C33H37N3O6/c1-17-34-19(14-26(38)35-17)16-40-25-13-18-12-21-20-8-6-7-9-22(20)36-27(21)31(18,5)30(4)10-11-32-24(33(25,30)39)15-23(37)28(41-32)29(2,3)42-32/h6-9,14-15,18,25,28,36,39H,10-13,16H2,1-5H3,(H,34,35,38)/t18-,25+,28+,30-,31-,32?,33+/m1/s1. The summed E-state index contributed by atoms with van der Waals surface area (Å²) in [6, 6.07) is 9.80. The van der Waals surface area contributed by atoms with Crippen molar-refractivity contribution in [2.24, 2.45) is 11.3 Å². The van der Waals surface area contributed by atoms with Gasteiger partial charge in [0.2, 0.25) is 0 Å². The second-order valence-electron chi connectivity index (χ2n) is 14.0. The number of hydrogen-bond acceptors (Lipinski definition) is 7. The lowest BCUT2D eigenvalue weighted by atomic mass is 9.41. The summed E-state index contributed by atoms with van der Waals surface area (Å²) >= 11 is 0. The molecule has 3 N–H and O–H groups in total. The highest BCUT2D eigenvalue weighted by Gasteiger charge is 2.78. The summed E-state index contributed by atoms with van der Waals surface area (Å²) in [6.07, 6.45) is 2.70. The summed E-state index contributed by atoms with van der Waals surface area (Å²) in [5.41, 5.74) is 0.601. The van der Waals surface area contributed by atoms with Crippen LogP contribution in [-0.4, -0.2) is 55.0 Å². The Hall–Kier alpha value is -3.11. The van der Waals surface area contributed by atoms with Crippen LogP contribution in [0.1, 0.15) is 69.7 Å². The molecule has 3 aromatic rings. The van der Waals surface area contributed by atoms with E-state index in [1.807, 2.05) is 19.9 Å². The van der Waals surface area contributed by atoms with Gasteiger partial charge in [0, 0.05) is 45.5 Å². The second kappa shape index (κ2) is 8.08. The fraction of sp³-hybridized carbons (Fsp3) is 0.545. The Morgan fingerprint density at radius 3 is 2.69 bits per heavy atom. The van der Waals surface area contributed by atoms with E-state index in [2.05, 4.69) is 47.0 Å². The first-order valence-electron chi connectivity index (χ1n) is 15.0. The molecule has 3 fully saturated rings. The number of fused-ring (bicyclic) bond motifs is 9. The molecule has 220 valence electrons. The van der Waals surface area contributed by atoms with E-state index in [1.54, 1.807) is 13.0 Å². The monoisotopic (exact) mass is 571 g/mol. The van der Waals surface area contributed by atoms with Crippen molar-refractivity contribution < 1.29 is 24.1 Å². The van der Waals surface area contributed by atoms with Crippen LogP contribution in [0.5, 0.6) is 0 Å². The highest BCUT2D eigenvalue weighted by atomic mass is 16.8. The summed E-state index contributed by atoms with van der Waals surface area (Å²) < 4.78 is 19.7. The number of carbonyl (C=O) groups excluding carboxylic acids is 1. The van der Waals surface area contributed by atoms with Gasteiger partial charge in [-0.2, -0.15) is 0 Å². The number of aryl methyl sites for hydroxylation is 1. The smallest absolute Gasteiger partial charge is 0.251 e. The third-order valence-corrected chi connectivity index (χ3v) is 11.6. The highest BCUT2D eigenvalue weighted by Crippen LogP contribution is 2.72.